The maximum absolute atomic E-state index is 12.9. The molecule has 0 aliphatic carbocycles. The molecule has 0 spiro atoms. The molecule has 1 aliphatic rings. The maximum Gasteiger partial charge on any atom is 0.263 e. The molecular formula is C21H29N3O3S. The van der Waals surface area contributed by atoms with Crippen LogP contribution in [0.5, 0.6) is 0 Å². The van der Waals surface area contributed by atoms with Crippen molar-refractivity contribution < 1.29 is 14.3 Å². The summed E-state index contributed by atoms with van der Waals surface area (Å²) in [5.74, 6) is -0.256. The van der Waals surface area contributed by atoms with Crippen molar-refractivity contribution in [2.75, 3.05) is 5.32 Å². The average Bonchev–Trinajstić information content (AvgIpc) is 2.96. The van der Waals surface area contributed by atoms with Crippen molar-refractivity contribution in [3.8, 4) is 0 Å². The lowest BCUT2D eigenvalue weighted by molar-refractivity contribution is -0.116. The smallest absolute Gasteiger partial charge is 0.263 e. The van der Waals surface area contributed by atoms with Crippen molar-refractivity contribution in [3.05, 3.63) is 22.2 Å². The second-order valence-electron chi connectivity index (χ2n) is 8.06. The van der Waals surface area contributed by atoms with Crippen LogP contribution >= 0.6 is 11.3 Å². The summed E-state index contributed by atoms with van der Waals surface area (Å²) in [5.41, 5.74) is 2.34. The van der Waals surface area contributed by atoms with Crippen molar-refractivity contribution in [3.63, 3.8) is 0 Å². The Hall–Kier alpha value is -1.99. The van der Waals surface area contributed by atoms with Crippen LogP contribution in [0.2, 0.25) is 0 Å². The summed E-state index contributed by atoms with van der Waals surface area (Å²) in [4.78, 5) is 31.3. The molecule has 0 radical (unpaired) electrons. The zero-order valence-electron chi connectivity index (χ0n) is 17.3. The van der Waals surface area contributed by atoms with E-state index >= 15 is 0 Å². The average molecular weight is 404 g/mol. The van der Waals surface area contributed by atoms with Crippen LogP contribution in [-0.4, -0.2) is 28.4 Å². The molecule has 0 bridgehead atoms. The van der Waals surface area contributed by atoms with Crippen molar-refractivity contribution in [2.45, 2.75) is 78.6 Å². The Labute approximate surface area is 170 Å². The lowest BCUT2D eigenvalue weighted by Gasteiger charge is -2.31. The van der Waals surface area contributed by atoms with Crippen molar-refractivity contribution in [1.82, 2.24) is 10.3 Å². The quantitative estimate of drug-likeness (QED) is 0.748. The molecule has 2 amide bonds. The van der Waals surface area contributed by atoms with Crippen LogP contribution in [0.4, 0.5) is 5.69 Å². The number of thiophene rings is 1. The SMILES string of the molecule is CCCC(=O)Nc1c(C(=O)NC(C)CC)sc2nc3c(cc12)COC(C)(C)C3. The largest absolute Gasteiger partial charge is 0.370 e. The summed E-state index contributed by atoms with van der Waals surface area (Å²) in [5, 5.41) is 6.77. The second kappa shape index (κ2) is 8.17. The number of amides is 2. The third-order valence-corrected chi connectivity index (χ3v) is 6.10. The fraction of sp³-hybridized carbons (Fsp3) is 0.571. The van der Waals surface area contributed by atoms with E-state index in [1.807, 2.05) is 26.8 Å². The fourth-order valence-electron chi connectivity index (χ4n) is 3.21. The highest BCUT2D eigenvalue weighted by Gasteiger charge is 2.29. The van der Waals surface area contributed by atoms with Gasteiger partial charge >= 0.3 is 0 Å². The third-order valence-electron chi connectivity index (χ3n) is 5.00. The fourth-order valence-corrected chi connectivity index (χ4v) is 4.25. The molecule has 1 aliphatic heterocycles. The van der Waals surface area contributed by atoms with Gasteiger partial charge in [-0.05, 0) is 39.7 Å². The first-order valence-electron chi connectivity index (χ1n) is 9.94. The van der Waals surface area contributed by atoms with Crippen molar-refractivity contribution in [1.29, 1.82) is 0 Å². The number of fused-ring (bicyclic) bond motifs is 2. The van der Waals surface area contributed by atoms with Gasteiger partial charge < -0.3 is 15.4 Å². The molecular weight excluding hydrogens is 374 g/mol. The van der Waals surface area contributed by atoms with E-state index in [4.69, 9.17) is 9.72 Å². The molecule has 6 nitrogen and oxygen atoms in total. The van der Waals surface area contributed by atoms with Gasteiger partial charge in [-0.2, -0.15) is 0 Å². The van der Waals surface area contributed by atoms with Crippen LogP contribution in [0.15, 0.2) is 6.07 Å². The molecule has 2 aromatic rings. The number of anilines is 1. The number of pyridine rings is 1. The van der Waals surface area contributed by atoms with E-state index in [9.17, 15) is 9.59 Å². The Bertz CT molecular complexity index is 904. The normalized spacial score (nSPS) is 16.5. The van der Waals surface area contributed by atoms with E-state index in [0.717, 1.165) is 40.7 Å². The topological polar surface area (TPSA) is 80.3 Å². The van der Waals surface area contributed by atoms with E-state index in [1.165, 1.54) is 11.3 Å². The van der Waals surface area contributed by atoms with Crippen LogP contribution < -0.4 is 10.6 Å². The van der Waals surface area contributed by atoms with E-state index in [0.29, 0.717) is 23.6 Å². The molecule has 0 saturated heterocycles. The van der Waals surface area contributed by atoms with Gasteiger partial charge in [-0.15, -0.1) is 11.3 Å². The molecule has 2 N–H and O–H groups in total. The number of nitrogens with zero attached hydrogens (tertiary/aromatic N) is 1. The van der Waals surface area contributed by atoms with Crippen molar-refractivity contribution >= 4 is 39.1 Å². The molecule has 0 saturated carbocycles. The number of carbonyl (C=O) groups excluding carboxylic acids is 2. The summed E-state index contributed by atoms with van der Waals surface area (Å²) in [6, 6.07) is 2.08. The minimum Gasteiger partial charge on any atom is -0.370 e. The molecule has 2 aromatic heterocycles. The van der Waals surface area contributed by atoms with Gasteiger partial charge in [-0.3, -0.25) is 9.59 Å². The summed E-state index contributed by atoms with van der Waals surface area (Å²) in [7, 11) is 0. The van der Waals surface area contributed by atoms with Gasteiger partial charge in [0.1, 0.15) is 9.71 Å². The van der Waals surface area contributed by atoms with Gasteiger partial charge in [0.25, 0.3) is 5.91 Å². The first kappa shape index (κ1) is 20.7. The molecule has 3 heterocycles. The predicted octanol–water partition coefficient (Wildman–Crippen LogP) is 4.41. The number of carbonyl (C=O) groups is 2. The first-order valence-corrected chi connectivity index (χ1v) is 10.8. The predicted molar refractivity (Wildman–Crippen MR) is 113 cm³/mol. The molecule has 28 heavy (non-hydrogen) atoms. The Morgan fingerprint density at radius 1 is 1.36 bits per heavy atom. The number of hydrogen-bond acceptors (Lipinski definition) is 5. The molecule has 0 fully saturated rings. The standard InChI is InChI=1S/C21H29N3O3S/c1-6-8-16(25)24-17-14-9-13-11-27-21(4,5)10-15(13)23-20(14)28-18(17)19(26)22-12(3)7-2/h9,12H,6-8,10-11H2,1-5H3,(H,22,26)(H,24,25). The maximum atomic E-state index is 12.9. The molecule has 0 aromatic carbocycles. The third kappa shape index (κ3) is 4.36. The molecule has 152 valence electrons. The number of rotatable bonds is 6. The highest BCUT2D eigenvalue weighted by molar-refractivity contribution is 7.21. The lowest BCUT2D eigenvalue weighted by atomic mass is 9.95. The second-order valence-corrected chi connectivity index (χ2v) is 9.06. The Morgan fingerprint density at radius 2 is 2.11 bits per heavy atom. The lowest BCUT2D eigenvalue weighted by Crippen LogP contribution is -2.32. The molecule has 3 rings (SSSR count). The van der Waals surface area contributed by atoms with E-state index in [-0.39, 0.29) is 23.5 Å². The summed E-state index contributed by atoms with van der Waals surface area (Å²) < 4.78 is 5.92. The van der Waals surface area contributed by atoms with Crippen LogP contribution in [0.3, 0.4) is 0 Å². The van der Waals surface area contributed by atoms with E-state index in [2.05, 4.69) is 24.5 Å². The van der Waals surface area contributed by atoms with Crippen LogP contribution in [0.25, 0.3) is 10.2 Å². The highest BCUT2D eigenvalue weighted by Crippen LogP contribution is 2.38. The number of hydrogen-bond donors (Lipinski definition) is 2. The van der Waals surface area contributed by atoms with Crippen LogP contribution in [0, 0.1) is 0 Å². The Kier molecular flexibility index (Phi) is 6.05. The number of aromatic nitrogens is 1. The summed E-state index contributed by atoms with van der Waals surface area (Å²) >= 11 is 1.34. The monoisotopic (exact) mass is 403 g/mol. The molecule has 7 heteroatoms. The number of ether oxygens (including phenoxy) is 1. The van der Waals surface area contributed by atoms with Gasteiger partial charge in [-0.1, -0.05) is 13.8 Å². The Morgan fingerprint density at radius 3 is 2.79 bits per heavy atom. The van der Waals surface area contributed by atoms with E-state index < -0.39 is 0 Å². The van der Waals surface area contributed by atoms with Crippen molar-refractivity contribution in [2.24, 2.45) is 0 Å². The highest BCUT2D eigenvalue weighted by atomic mass is 32.1. The van der Waals surface area contributed by atoms with E-state index in [1.54, 1.807) is 0 Å². The Balaban J connectivity index is 2.07. The number of nitrogens with one attached hydrogen (secondary N) is 2. The summed E-state index contributed by atoms with van der Waals surface area (Å²) in [6.45, 7) is 10.5. The van der Waals surface area contributed by atoms with Gasteiger partial charge in [0, 0.05) is 29.8 Å². The van der Waals surface area contributed by atoms with Gasteiger partial charge in [0.2, 0.25) is 5.91 Å². The zero-order chi connectivity index (χ0) is 20.5. The minimum atomic E-state index is -0.250. The van der Waals surface area contributed by atoms with Crippen LogP contribution in [-0.2, 0) is 22.6 Å². The first-order chi connectivity index (χ1) is 13.2. The van der Waals surface area contributed by atoms with Gasteiger partial charge in [0.15, 0.2) is 0 Å². The minimum absolute atomic E-state index is 0.0623. The molecule has 1 unspecified atom stereocenters. The zero-order valence-corrected chi connectivity index (χ0v) is 18.1. The van der Waals surface area contributed by atoms with Crippen LogP contribution in [0.1, 0.15) is 74.8 Å². The summed E-state index contributed by atoms with van der Waals surface area (Å²) in [6.07, 6.45) is 2.73. The van der Waals surface area contributed by atoms with Gasteiger partial charge in [-0.25, -0.2) is 4.98 Å². The van der Waals surface area contributed by atoms with Gasteiger partial charge in [0.05, 0.1) is 23.6 Å². The molecule has 1 atom stereocenters.